The number of imide groups is 1. The lowest BCUT2D eigenvalue weighted by atomic mass is 9.63. The van der Waals surface area contributed by atoms with E-state index in [-0.39, 0.29) is 35.5 Å². The maximum Gasteiger partial charge on any atom is 0.233 e. The number of aryl methyl sites for hydroxylation is 2. The molecule has 0 radical (unpaired) electrons. The molecular weight excluding hydrogens is 280 g/mol. The third-order valence-electron chi connectivity index (χ3n) is 5.62. The summed E-state index contributed by atoms with van der Waals surface area (Å²) in [6.07, 6.45) is 7.01. The minimum atomic E-state index is -0.110. The lowest BCUT2D eigenvalue weighted by Crippen LogP contribution is -2.38. The number of hydrogen-bond donors (Lipinski definition) is 0. The summed E-state index contributed by atoms with van der Waals surface area (Å²) < 4.78 is 5.15. The molecule has 5 rings (SSSR count). The first kappa shape index (κ1) is 13.7. The van der Waals surface area contributed by atoms with Crippen LogP contribution in [-0.2, 0) is 16.0 Å². The number of amides is 2. The molecule has 4 atom stereocenters. The Kier molecular flexibility index (Phi) is 2.99. The number of carbonyl (C=O) groups is 2. The van der Waals surface area contributed by atoms with Crippen molar-refractivity contribution in [3.8, 4) is 0 Å². The fourth-order valence-corrected chi connectivity index (χ4v) is 4.44. The van der Waals surface area contributed by atoms with Crippen molar-refractivity contribution in [1.29, 1.82) is 0 Å². The molecule has 1 aromatic rings. The number of nitrogens with zero attached hydrogens (tertiary/aromatic N) is 2. The van der Waals surface area contributed by atoms with Gasteiger partial charge in [0.1, 0.15) is 5.76 Å². The molecule has 116 valence electrons. The van der Waals surface area contributed by atoms with Crippen LogP contribution < -0.4 is 0 Å². The number of hydrogen-bond acceptors (Lipinski definition) is 4. The summed E-state index contributed by atoms with van der Waals surface area (Å²) in [4.78, 5) is 26.9. The highest BCUT2D eigenvalue weighted by Gasteiger charge is 2.56. The Balaban J connectivity index is 1.54. The van der Waals surface area contributed by atoms with Crippen molar-refractivity contribution < 1.29 is 14.1 Å². The van der Waals surface area contributed by atoms with Crippen molar-refractivity contribution in [2.75, 3.05) is 6.54 Å². The molecule has 4 aliphatic rings. The fraction of sp³-hybridized carbons (Fsp3) is 0.588. The van der Waals surface area contributed by atoms with Gasteiger partial charge in [-0.1, -0.05) is 17.3 Å². The SMILES string of the molecule is Cc1noc(C)c1CCN1C(=O)C2C3C=CC(CC3)C2C1=O. The van der Waals surface area contributed by atoms with E-state index in [0.29, 0.717) is 13.0 Å². The molecule has 1 aliphatic heterocycles. The predicted octanol–water partition coefficient (Wildman–Crippen LogP) is 2.03. The summed E-state index contributed by atoms with van der Waals surface area (Å²) in [7, 11) is 0. The quantitative estimate of drug-likeness (QED) is 0.633. The molecule has 3 aliphatic carbocycles. The normalized spacial score (nSPS) is 32.9. The van der Waals surface area contributed by atoms with Gasteiger partial charge >= 0.3 is 0 Å². The van der Waals surface area contributed by atoms with E-state index in [4.69, 9.17) is 4.52 Å². The van der Waals surface area contributed by atoms with Gasteiger partial charge in [0.2, 0.25) is 11.8 Å². The zero-order valence-electron chi connectivity index (χ0n) is 12.9. The third kappa shape index (κ3) is 1.81. The number of rotatable bonds is 3. The van der Waals surface area contributed by atoms with Gasteiger partial charge in [-0.25, -0.2) is 0 Å². The molecular formula is C17H20N2O3. The largest absolute Gasteiger partial charge is 0.361 e. The van der Waals surface area contributed by atoms with Gasteiger partial charge in [0, 0.05) is 12.1 Å². The van der Waals surface area contributed by atoms with Gasteiger partial charge in [0.15, 0.2) is 0 Å². The second-order valence-corrected chi connectivity index (χ2v) is 6.72. The van der Waals surface area contributed by atoms with Crippen LogP contribution >= 0.6 is 0 Å². The number of aromatic nitrogens is 1. The maximum absolute atomic E-state index is 12.7. The average molecular weight is 300 g/mol. The van der Waals surface area contributed by atoms with Crippen molar-refractivity contribution in [1.82, 2.24) is 10.1 Å². The summed E-state index contributed by atoms with van der Waals surface area (Å²) >= 11 is 0. The lowest BCUT2D eigenvalue weighted by molar-refractivity contribution is -0.140. The standard InChI is InChI=1S/C17H20N2O3/c1-9-13(10(2)22-18-9)7-8-19-16(20)14-11-3-4-12(6-5-11)15(14)17(19)21/h3-4,11-12,14-15H,5-8H2,1-2H3. The van der Waals surface area contributed by atoms with Gasteiger partial charge < -0.3 is 4.52 Å². The van der Waals surface area contributed by atoms with Crippen LogP contribution in [0.5, 0.6) is 0 Å². The van der Waals surface area contributed by atoms with Crippen LogP contribution in [-0.4, -0.2) is 28.4 Å². The third-order valence-corrected chi connectivity index (χ3v) is 5.62. The van der Waals surface area contributed by atoms with Crippen molar-refractivity contribution in [3.63, 3.8) is 0 Å². The molecule has 4 unspecified atom stereocenters. The molecule has 5 nitrogen and oxygen atoms in total. The highest BCUT2D eigenvalue weighted by molar-refractivity contribution is 6.06. The van der Waals surface area contributed by atoms with E-state index in [1.54, 1.807) is 0 Å². The lowest BCUT2D eigenvalue weighted by Gasteiger charge is -2.38. The molecule has 1 aromatic heterocycles. The molecule has 0 spiro atoms. The van der Waals surface area contributed by atoms with E-state index in [0.717, 1.165) is 29.9 Å². The van der Waals surface area contributed by atoms with Gasteiger partial charge in [-0.15, -0.1) is 0 Å². The van der Waals surface area contributed by atoms with Gasteiger partial charge in [-0.05, 0) is 44.9 Å². The second kappa shape index (κ2) is 4.80. The topological polar surface area (TPSA) is 63.4 Å². The Morgan fingerprint density at radius 1 is 1.14 bits per heavy atom. The minimum Gasteiger partial charge on any atom is -0.361 e. The number of carbonyl (C=O) groups excluding carboxylic acids is 2. The zero-order valence-corrected chi connectivity index (χ0v) is 12.9. The molecule has 2 amide bonds. The summed E-state index contributed by atoms with van der Waals surface area (Å²) in [5, 5.41) is 3.93. The summed E-state index contributed by atoms with van der Waals surface area (Å²) in [5.74, 6) is 1.13. The molecule has 5 heteroatoms. The average Bonchev–Trinajstić information content (AvgIpc) is 2.99. The van der Waals surface area contributed by atoms with Crippen molar-refractivity contribution in [3.05, 3.63) is 29.2 Å². The van der Waals surface area contributed by atoms with Gasteiger partial charge in [0.05, 0.1) is 17.5 Å². The summed E-state index contributed by atoms with van der Waals surface area (Å²) in [6.45, 7) is 4.20. The highest BCUT2D eigenvalue weighted by atomic mass is 16.5. The van der Waals surface area contributed by atoms with Crippen molar-refractivity contribution in [2.24, 2.45) is 23.7 Å². The molecule has 0 N–H and O–H groups in total. The van der Waals surface area contributed by atoms with Crippen LogP contribution in [0.2, 0.25) is 0 Å². The highest BCUT2D eigenvalue weighted by Crippen LogP contribution is 2.49. The van der Waals surface area contributed by atoms with Crippen LogP contribution in [0.1, 0.15) is 29.9 Å². The molecule has 2 bridgehead atoms. The number of fused-ring (bicyclic) bond motifs is 1. The smallest absolute Gasteiger partial charge is 0.233 e. The molecule has 2 heterocycles. The van der Waals surface area contributed by atoms with Gasteiger partial charge in [-0.2, -0.15) is 0 Å². The van der Waals surface area contributed by atoms with E-state index in [1.807, 2.05) is 13.8 Å². The molecule has 1 saturated heterocycles. The molecule has 1 saturated carbocycles. The van der Waals surface area contributed by atoms with Gasteiger partial charge in [-0.3, -0.25) is 14.5 Å². The Bertz CT molecular complexity index is 624. The molecule has 0 aromatic carbocycles. The first-order valence-electron chi connectivity index (χ1n) is 8.03. The predicted molar refractivity (Wildman–Crippen MR) is 78.7 cm³/mol. The minimum absolute atomic E-state index is 0.0285. The van der Waals surface area contributed by atoms with E-state index in [2.05, 4.69) is 17.3 Å². The van der Waals surface area contributed by atoms with Crippen molar-refractivity contribution >= 4 is 11.8 Å². The van der Waals surface area contributed by atoms with E-state index >= 15 is 0 Å². The Labute approximate surface area is 129 Å². The zero-order chi connectivity index (χ0) is 15.4. The molecule has 2 fully saturated rings. The maximum atomic E-state index is 12.7. The van der Waals surface area contributed by atoms with Crippen LogP contribution in [0.25, 0.3) is 0 Å². The van der Waals surface area contributed by atoms with Crippen molar-refractivity contribution in [2.45, 2.75) is 33.1 Å². The first-order valence-corrected chi connectivity index (χ1v) is 8.03. The van der Waals surface area contributed by atoms with E-state index < -0.39 is 0 Å². The van der Waals surface area contributed by atoms with E-state index in [9.17, 15) is 9.59 Å². The fourth-order valence-electron chi connectivity index (χ4n) is 4.44. The number of allylic oxidation sites excluding steroid dienone is 2. The van der Waals surface area contributed by atoms with Crippen LogP contribution in [0, 0.1) is 37.5 Å². The number of likely N-dealkylation sites (tertiary alicyclic amines) is 1. The van der Waals surface area contributed by atoms with Crippen LogP contribution in [0.15, 0.2) is 16.7 Å². The van der Waals surface area contributed by atoms with Crippen LogP contribution in [0.4, 0.5) is 0 Å². The summed E-state index contributed by atoms with van der Waals surface area (Å²) in [6, 6.07) is 0. The molecule has 22 heavy (non-hydrogen) atoms. The summed E-state index contributed by atoms with van der Waals surface area (Å²) in [5.41, 5.74) is 1.85. The Hall–Kier alpha value is -1.91. The van der Waals surface area contributed by atoms with Gasteiger partial charge in [0.25, 0.3) is 0 Å². The monoisotopic (exact) mass is 300 g/mol. The van der Waals surface area contributed by atoms with E-state index in [1.165, 1.54) is 4.90 Å². The second-order valence-electron chi connectivity index (χ2n) is 6.72. The first-order chi connectivity index (χ1) is 10.6. The van der Waals surface area contributed by atoms with Crippen LogP contribution in [0.3, 0.4) is 0 Å². The Morgan fingerprint density at radius 3 is 2.18 bits per heavy atom. The Morgan fingerprint density at radius 2 is 1.73 bits per heavy atom.